The van der Waals surface area contributed by atoms with Gasteiger partial charge in [0.25, 0.3) is 0 Å². The minimum Gasteiger partial charge on any atom is -0.481 e. The first-order valence-electron chi connectivity index (χ1n) is 10.7. The molecule has 1 aliphatic rings. The highest BCUT2D eigenvalue weighted by molar-refractivity contribution is 5.67. The zero-order chi connectivity index (χ0) is 23.9. The van der Waals surface area contributed by atoms with Crippen LogP contribution in [0.1, 0.15) is 57.8 Å². The lowest BCUT2D eigenvalue weighted by molar-refractivity contribution is -0.139. The van der Waals surface area contributed by atoms with Crippen molar-refractivity contribution in [3.05, 3.63) is 11.6 Å². The summed E-state index contributed by atoms with van der Waals surface area (Å²) in [5.74, 6) is -3.62. The van der Waals surface area contributed by atoms with Gasteiger partial charge in [0.1, 0.15) is 0 Å². The number of aliphatic carboxylic acids is 4. The van der Waals surface area contributed by atoms with Gasteiger partial charge in [-0.3, -0.25) is 19.2 Å². The Hall–Kier alpha value is -2.54. The van der Waals surface area contributed by atoms with Gasteiger partial charge >= 0.3 is 23.9 Å². The summed E-state index contributed by atoms with van der Waals surface area (Å²) < 4.78 is 0. The molecule has 182 valence electrons. The Morgan fingerprint density at radius 3 is 1.97 bits per heavy atom. The summed E-state index contributed by atoms with van der Waals surface area (Å²) in [6.07, 6.45) is 4.46. The van der Waals surface area contributed by atoms with Crippen LogP contribution in [0, 0.1) is 5.92 Å². The molecule has 0 aromatic carbocycles. The van der Waals surface area contributed by atoms with Crippen LogP contribution in [0.15, 0.2) is 11.6 Å². The molecule has 0 spiro atoms. The van der Waals surface area contributed by atoms with Gasteiger partial charge in [0.15, 0.2) is 0 Å². The SMILES string of the molecule is O=C(O)CC/C1=C/CN(CCC(=O)O)NNN(CCC(=O)O)CCC(CCC(=O)O)CC1. The normalized spacial score (nSPS) is 21.0. The molecule has 0 amide bonds. The molecule has 0 aromatic heterocycles. The van der Waals surface area contributed by atoms with Crippen molar-refractivity contribution >= 4 is 23.9 Å². The molecule has 0 saturated heterocycles. The number of nitrogens with one attached hydrogen (secondary N) is 2. The van der Waals surface area contributed by atoms with Crippen LogP contribution in [-0.2, 0) is 19.2 Å². The molecule has 32 heavy (non-hydrogen) atoms. The molecular weight excluding hydrogens is 424 g/mol. The number of nitrogens with zero attached hydrogens (tertiary/aromatic N) is 2. The monoisotopic (exact) mass is 458 g/mol. The first-order chi connectivity index (χ1) is 15.2. The minimum atomic E-state index is -0.961. The summed E-state index contributed by atoms with van der Waals surface area (Å²) in [5, 5.41) is 39.4. The van der Waals surface area contributed by atoms with Gasteiger partial charge in [-0.15, -0.1) is 0 Å². The predicted molar refractivity (Wildman–Crippen MR) is 113 cm³/mol. The molecule has 0 aliphatic carbocycles. The van der Waals surface area contributed by atoms with Gasteiger partial charge in [-0.25, -0.2) is 10.0 Å². The van der Waals surface area contributed by atoms with Gasteiger partial charge < -0.3 is 20.4 Å². The average Bonchev–Trinajstić information content (AvgIpc) is 2.70. The van der Waals surface area contributed by atoms with Crippen LogP contribution in [0.3, 0.4) is 0 Å². The van der Waals surface area contributed by atoms with Crippen LogP contribution in [0.2, 0.25) is 0 Å². The van der Waals surface area contributed by atoms with E-state index in [2.05, 4.69) is 11.1 Å². The fourth-order valence-corrected chi connectivity index (χ4v) is 3.34. The van der Waals surface area contributed by atoms with E-state index in [4.69, 9.17) is 20.4 Å². The molecular formula is C20H34N4O8. The summed E-state index contributed by atoms with van der Waals surface area (Å²) in [6, 6.07) is 0. The highest BCUT2D eigenvalue weighted by Gasteiger charge is 2.18. The lowest BCUT2D eigenvalue weighted by Gasteiger charge is -2.30. The van der Waals surface area contributed by atoms with Crippen LogP contribution in [0.25, 0.3) is 0 Å². The lowest BCUT2D eigenvalue weighted by Crippen LogP contribution is -2.56. The molecule has 0 radical (unpaired) electrons. The minimum absolute atomic E-state index is 0.0185. The number of carboxylic acids is 4. The maximum Gasteiger partial charge on any atom is 0.304 e. The van der Waals surface area contributed by atoms with Gasteiger partial charge in [-0.1, -0.05) is 11.6 Å². The van der Waals surface area contributed by atoms with Crippen LogP contribution < -0.4 is 11.1 Å². The van der Waals surface area contributed by atoms with Crippen LogP contribution in [0.5, 0.6) is 0 Å². The second kappa shape index (κ2) is 15.3. The zero-order valence-electron chi connectivity index (χ0n) is 18.2. The smallest absolute Gasteiger partial charge is 0.304 e. The van der Waals surface area contributed by atoms with Gasteiger partial charge in [-0.2, -0.15) is 11.1 Å². The van der Waals surface area contributed by atoms with E-state index in [1.54, 1.807) is 10.0 Å². The van der Waals surface area contributed by atoms with Crippen molar-refractivity contribution in [1.29, 1.82) is 0 Å². The molecule has 12 nitrogen and oxygen atoms in total. The second-order valence-corrected chi connectivity index (χ2v) is 7.83. The summed E-state index contributed by atoms with van der Waals surface area (Å²) >= 11 is 0. The Balaban J connectivity index is 2.97. The zero-order valence-corrected chi connectivity index (χ0v) is 18.2. The van der Waals surface area contributed by atoms with Crippen molar-refractivity contribution in [2.75, 3.05) is 26.2 Å². The number of hydrogen-bond acceptors (Lipinski definition) is 8. The maximum absolute atomic E-state index is 11.0. The number of rotatable bonds is 12. The standard InChI is InChI=1S/C20H34N4O8/c25-17(26)5-3-15-1-2-16(4-6-18(27)28)8-12-24(14-10-20(31)32)22-21-23(11-7-15)13-9-19(29)30/h7,16,21-22H,1-6,8-14H2,(H,25,26)(H,27,28)(H,29,30)(H,31,32)/b15-7+. The molecule has 0 saturated carbocycles. The number of allylic oxidation sites excluding steroid dienone is 1. The highest BCUT2D eigenvalue weighted by atomic mass is 16.4. The molecule has 1 atom stereocenters. The van der Waals surface area contributed by atoms with Crippen molar-refractivity contribution < 1.29 is 39.6 Å². The number of hydrazine groups is 3. The summed E-state index contributed by atoms with van der Waals surface area (Å²) in [7, 11) is 0. The van der Waals surface area contributed by atoms with E-state index in [0.29, 0.717) is 45.2 Å². The highest BCUT2D eigenvalue weighted by Crippen LogP contribution is 2.23. The molecule has 0 aromatic rings. The molecule has 0 fully saturated rings. The number of hydrogen-bond donors (Lipinski definition) is 6. The Morgan fingerprint density at radius 2 is 1.38 bits per heavy atom. The Kier molecular flexibility index (Phi) is 13.1. The van der Waals surface area contributed by atoms with E-state index in [1.807, 2.05) is 6.08 Å². The molecule has 6 N–H and O–H groups in total. The predicted octanol–water partition coefficient (Wildman–Crippen LogP) is 0.920. The third-order valence-electron chi connectivity index (χ3n) is 5.27. The van der Waals surface area contributed by atoms with Crippen LogP contribution in [0.4, 0.5) is 0 Å². The Bertz CT molecular complexity index is 670. The fraction of sp³-hybridized carbons (Fsp3) is 0.700. The average molecular weight is 459 g/mol. The molecule has 1 unspecified atom stereocenters. The quantitative estimate of drug-likeness (QED) is 0.228. The van der Waals surface area contributed by atoms with E-state index in [9.17, 15) is 19.2 Å². The van der Waals surface area contributed by atoms with Crippen molar-refractivity contribution in [2.24, 2.45) is 5.92 Å². The first kappa shape index (κ1) is 27.5. The molecule has 0 bridgehead atoms. The molecule has 1 aliphatic heterocycles. The van der Waals surface area contributed by atoms with Crippen molar-refractivity contribution in [3.8, 4) is 0 Å². The Labute approximate surface area is 186 Å². The van der Waals surface area contributed by atoms with E-state index in [-0.39, 0.29) is 44.7 Å². The third-order valence-corrected chi connectivity index (χ3v) is 5.27. The summed E-state index contributed by atoms with van der Waals surface area (Å²) in [5.41, 5.74) is 6.77. The van der Waals surface area contributed by atoms with Crippen LogP contribution >= 0.6 is 0 Å². The van der Waals surface area contributed by atoms with Gasteiger partial charge in [-0.05, 0) is 38.0 Å². The number of carbonyl (C=O) groups is 4. The van der Waals surface area contributed by atoms with E-state index in [1.165, 1.54) is 0 Å². The van der Waals surface area contributed by atoms with E-state index in [0.717, 1.165) is 5.57 Å². The second-order valence-electron chi connectivity index (χ2n) is 7.83. The summed E-state index contributed by atoms with van der Waals surface area (Å²) in [6.45, 7) is 1.17. The van der Waals surface area contributed by atoms with Crippen molar-refractivity contribution in [2.45, 2.75) is 57.8 Å². The van der Waals surface area contributed by atoms with Gasteiger partial charge in [0.05, 0.1) is 12.8 Å². The topological polar surface area (TPSA) is 180 Å². The fourth-order valence-electron chi connectivity index (χ4n) is 3.34. The lowest BCUT2D eigenvalue weighted by atomic mass is 9.90. The van der Waals surface area contributed by atoms with Crippen molar-refractivity contribution in [3.63, 3.8) is 0 Å². The third kappa shape index (κ3) is 13.7. The molecule has 1 rings (SSSR count). The molecule has 1 heterocycles. The van der Waals surface area contributed by atoms with Crippen molar-refractivity contribution in [1.82, 2.24) is 21.1 Å². The maximum atomic E-state index is 11.0. The Morgan fingerprint density at radius 1 is 0.812 bits per heavy atom. The van der Waals surface area contributed by atoms with E-state index < -0.39 is 23.9 Å². The molecule has 12 heteroatoms. The van der Waals surface area contributed by atoms with Gasteiger partial charge in [0.2, 0.25) is 0 Å². The number of carboxylic acid groups (broad SMARTS) is 4. The largest absolute Gasteiger partial charge is 0.481 e. The first-order valence-corrected chi connectivity index (χ1v) is 10.7. The summed E-state index contributed by atoms with van der Waals surface area (Å²) in [4.78, 5) is 44.0. The van der Waals surface area contributed by atoms with Crippen LogP contribution in [-0.4, -0.2) is 80.5 Å². The van der Waals surface area contributed by atoms with Gasteiger partial charge in [0, 0.05) is 39.0 Å². The van der Waals surface area contributed by atoms with E-state index >= 15 is 0 Å².